The summed E-state index contributed by atoms with van der Waals surface area (Å²) in [6.45, 7) is -2.17. The Morgan fingerprint density at radius 1 is 1.21 bits per heavy atom. The van der Waals surface area contributed by atoms with Gasteiger partial charge in [0.25, 0.3) is 5.56 Å². The van der Waals surface area contributed by atoms with Crippen LogP contribution in [0.25, 0.3) is 22.0 Å². The van der Waals surface area contributed by atoms with E-state index < -0.39 is 12.5 Å². The first kappa shape index (κ1) is 13.9. The highest BCUT2D eigenvalue weighted by Crippen LogP contribution is 2.40. The maximum absolute atomic E-state index is 12.2. The van der Waals surface area contributed by atoms with E-state index in [0.717, 1.165) is 34.1 Å². The van der Waals surface area contributed by atoms with Gasteiger partial charge in [-0.25, -0.2) is 4.79 Å². The van der Waals surface area contributed by atoms with Crippen LogP contribution in [0.2, 0.25) is 0 Å². The van der Waals surface area contributed by atoms with Crippen LogP contribution in [-0.4, -0.2) is 39.7 Å². The normalized spacial score (nSPS) is 23.2. The lowest BCUT2D eigenvalue weighted by atomic mass is 9.76. The molecule has 1 amide bonds. The highest BCUT2D eigenvalue weighted by Gasteiger charge is 2.47. The molecule has 2 aromatic heterocycles. The molecule has 0 saturated carbocycles. The molecule has 0 bridgehead atoms. The molecule has 1 atom stereocenters. The second-order valence-electron chi connectivity index (χ2n) is 7.62. The molecule has 1 aromatic carbocycles. The van der Waals surface area contributed by atoms with Crippen LogP contribution in [-0.2, 0) is 24.6 Å². The van der Waals surface area contributed by atoms with E-state index in [1.807, 2.05) is 24.5 Å². The first-order chi connectivity index (χ1) is 14.7. The van der Waals surface area contributed by atoms with Crippen molar-refractivity contribution >= 4 is 17.0 Å². The van der Waals surface area contributed by atoms with Gasteiger partial charge < -0.3 is 14.2 Å². The number of pyridine rings is 2. The predicted molar refractivity (Wildman–Crippen MR) is 106 cm³/mol. The van der Waals surface area contributed by atoms with Crippen molar-refractivity contribution in [3.63, 3.8) is 0 Å². The van der Waals surface area contributed by atoms with Gasteiger partial charge in [-0.2, -0.15) is 0 Å². The monoisotopic (exact) mass is 378 g/mol. The minimum absolute atomic E-state index is 0.289. The molecule has 5 rings (SSSR count). The van der Waals surface area contributed by atoms with Crippen molar-refractivity contribution < 1.29 is 13.6 Å². The Hall–Kier alpha value is -3.15. The van der Waals surface area contributed by atoms with Gasteiger partial charge in [0.05, 0.1) is 11.1 Å². The number of aromatic nitrogens is 2. The molecule has 1 aliphatic heterocycles. The highest BCUT2D eigenvalue weighted by atomic mass is 16.6. The van der Waals surface area contributed by atoms with Crippen LogP contribution in [0, 0.1) is 0 Å². The number of hydrogen-bond donors (Lipinski definition) is 0. The fraction of sp³-hybridized carbons (Fsp3) is 0.318. The Morgan fingerprint density at radius 3 is 2.89 bits per heavy atom. The summed E-state index contributed by atoms with van der Waals surface area (Å²) < 4.78 is 29.2. The van der Waals surface area contributed by atoms with E-state index >= 15 is 0 Å². The Bertz CT molecular complexity index is 1280. The van der Waals surface area contributed by atoms with Crippen molar-refractivity contribution in [2.75, 3.05) is 13.7 Å². The molecule has 6 heteroatoms. The van der Waals surface area contributed by atoms with Crippen LogP contribution >= 0.6 is 0 Å². The fourth-order valence-corrected chi connectivity index (χ4v) is 4.43. The topological polar surface area (TPSA) is 64.4 Å². The lowest BCUT2D eigenvalue weighted by molar-refractivity contribution is 0.160. The van der Waals surface area contributed by atoms with Gasteiger partial charge >= 0.3 is 6.09 Å². The predicted octanol–water partition coefficient (Wildman–Crippen LogP) is 2.91. The number of benzene rings is 1. The molecule has 1 saturated heterocycles. The van der Waals surface area contributed by atoms with Crippen LogP contribution in [0.1, 0.15) is 21.7 Å². The van der Waals surface area contributed by atoms with Crippen LogP contribution in [0.5, 0.6) is 0 Å². The van der Waals surface area contributed by atoms with E-state index in [0.29, 0.717) is 23.9 Å². The number of aryl methyl sites for hydroxylation is 1. The molecular formula is C22H21N3O3. The number of carbonyl (C=O) groups is 1. The van der Waals surface area contributed by atoms with Crippen LogP contribution < -0.4 is 5.56 Å². The Kier molecular flexibility index (Phi) is 2.95. The molecule has 6 nitrogen and oxygen atoms in total. The van der Waals surface area contributed by atoms with E-state index in [2.05, 4.69) is 4.98 Å². The third kappa shape index (κ3) is 2.37. The summed E-state index contributed by atoms with van der Waals surface area (Å²) in [6.07, 6.45) is 5.63. The number of likely N-dealkylation sites (N-methyl/N-ethyl adjacent to an activating group) is 1. The summed E-state index contributed by atoms with van der Waals surface area (Å²) in [6, 6.07) is 8.35. The number of fused-ring (bicyclic) bond motifs is 2. The average Bonchev–Trinajstić information content (AvgIpc) is 3.00. The number of cyclic esters (lactones) is 1. The van der Waals surface area contributed by atoms with Crippen molar-refractivity contribution in [3.05, 3.63) is 64.2 Å². The van der Waals surface area contributed by atoms with E-state index in [1.54, 1.807) is 24.1 Å². The SMILES string of the molecule is [2H]C([2H])([2H])n1c(=O)ccc2cc(-c3cncc4c3CCC3(COC(=O)N3C)C4)ccc21. The Labute approximate surface area is 166 Å². The van der Waals surface area contributed by atoms with Crippen molar-refractivity contribution in [3.8, 4) is 11.1 Å². The Balaban J connectivity index is 1.59. The summed E-state index contributed by atoms with van der Waals surface area (Å²) in [5.41, 5.74) is 3.64. The van der Waals surface area contributed by atoms with Gasteiger partial charge in [0.2, 0.25) is 0 Å². The van der Waals surface area contributed by atoms with Crippen molar-refractivity contribution in [1.29, 1.82) is 0 Å². The van der Waals surface area contributed by atoms with Crippen molar-refractivity contribution in [2.24, 2.45) is 6.98 Å². The quantitative estimate of drug-likeness (QED) is 0.653. The summed E-state index contributed by atoms with van der Waals surface area (Å²) in [4.78, 5) is 30.2. The zero-order valence-electron chi connectivity index (χ0n) is 18.4. The van der Waals surface area contributed by atoms with Gasteiger partial charge in [-0.05, 0) is 53.1 Å². The van der Waals surface area contributed by atoms with Crippen LogP contribution in [0.3, 0.4) is 0 Å². The molecule has 1 unspecified atom stereocenters. The number of hydrogen-bond acceptors (Lipinski definition) is 4. The minimum Gasteiger partial charge on any atom is -0.447 e. The zero-order valence-corrected chi connectivity index (χ0v) is 15.4. The van der Waals surface area contributed by atoms with Crippen LogP contribution in [0.15, 0.2) is 47.5 Å². The number of rotatable bonds is 1. The average molecular weight is 378 g/mol. The first-order valence-corrected chi connectivity index (χ1v) is 9.23. The maximum atomic E-state index is 12.2. The third-order valence-electron chi connectivity index (χ3n) is 6.16. The third-order valence-corrected chi connectivity index (χ3v) is 6.16. The first-order valence-electron chi connectivity index (χ1n) is 10.7. The van der Waals surface area contributed by atoms with Gasteiger partial charge in [0.1, 0.15) is 6.61 Å². The molecule has 3 heterocycles. The molecule has 142 valence electrons. The number of ether oxygens (including phenoxy) is 1. The lowest BCUT2D eigenvalue weighted by Gasteiger charge is -2.38. The van der Waals surface area contributed by atoms with Gasteiger partial charge in [-0.15, -0.1) is 0 Å². The lowest BCUT2D eigenvalue weighted by Crippen LogP contribution is -2.49. The van der Waals surface area contributed by atoms with Gasteiger partial charge in [0.15, 0.2) is 0 Å². The fourth-order valence-electron chi connectivity index (χ4n) is 4.43. The summed E-state index contributed by atoms with van der Waals surface area (Å²) in [5.74, 6) is 0. The van der Waals surface area contributed by atoms with Crippen LogP contribution in [0.4, 0.5) is 4.79 Å². The second-order valence-corrected chi connectivity index (χ2v) is 7.62. The molecule has 1 aliphatic carbocycles. The molecule has 2 aliphatic rings. The maximum Gasteiger partial charge on any atom is 0.410 e. The van der Waals surface area contributed by atoms with E-state index in [1.165, 1.54) is 11.6 Å². The summed E-state index contributed by atoms with van der Waals surface area (Å²) in [7, 11) is 1.78. The standard InChI is InChI=1S/C22H21N3O3/c1-24-19-5-3-14(9-15(19)4-6-20(24)26)18-12-23-11-16-10-22(8-7-17(16)18)13-28-21(27)25(22)2/h3-6,9,11-12H,7-8,10,13H2,1-2H3/i1D3. The molecule has 0 radical (unpaired) electrons. The van der Waals surface area contributed by atoms with E-state index in [9.17, 15) is 9.59 Å². The summed E-state index contributed by atoms with van der Waals surface area (Å²) >= 11 is 0. The van der Waals surface area contributed by atoms with Crippen molar-refractivity contribution in [2.45, 2.75) is 24.8 Å². The molecule has 1 spiro atoms. The molecule has 28 heavy (non-hydrogen) atoms. The molecule has 3 aromatic rings. The van der Waals surface area contributed by atoms with Gasteiger partial charge in [0, 0.05) is 48.6 Å². The second kappa shape index (κ2) is 5.92. The van der Waals surface area contributed by atoms with E-state index in [-0.39, 0.29) is 11.6 Å². The van der Waals surface area contributed by atoms with E-state index in [4.69, 9.17) is 8.85 Å². The number of amides is 1. The highest BCUT2D eigenvalue weighted by molar-refractivity contribution is 5.85. The molecule has 1 fully saturated rings. The smallest absolute Gasteiger partial charge is 0.410 e. The van der Waals surface area contributed by atoms with Gasteiger partial charge in [-0.3, -0.25) is 9.78 Å². The number of carbonyl (C=O) groups excluding carboxylic acids is 1. The minimum atomic E-state index is -2.55. The Morgan fingerprint density at radius 2 is 2.11 bits per heavy atom. The summed E-state index contributed by atoms with van der Waals surface area (Å²) in [5, 5.41) is 0.674. The molecular weight excluding hydrogens is 354 g/mol. The van der Waals surface area contributed by atoms with Crippen molar-refractivity contribution in [1.82, 2.24) is 14.5 Å². The molecule has 0 N–H and O–H groups in total. The largest absolute Gasteiger partial charge is 0.447 e. The number of nitrogens with zero attached hydrogens (tertiary/aromatic N) is 3. The zero-order chi connectivity index (χ0) is 22.0. The van der Waals surface area contributed by atoms with Gasteiger partial charge in [-0.1, -0.05) is 6.07 Å².